The van der Waals surface area contributed by atoms with Crippen molar-refractivity contribution in [2.45, 2.75) is 13.5 Å². The van der Waals surface area contributed by atoms with Crippen molar-refractivity contribution < 1.29 is 14.1 Å². The number of rotatable bonds is 4. The molecule has 0 unspecified atom stereocenters. The van der Waals surface area contributed by atoms with E-state index >= 15 is 0 Å². The van der Waals surface area contributed by atoms with Crippen molar-refractivity contribution in [2.75, 3.05) is 0 Å². The lowest BCUT2D eigenvalue weighted by Crippen LogP contribution is -2.01. The van der Waals surface area contributed by atoms with Crippen molar-refractivity contribution in [3.63, 3.8) is 0 Å². The van der Waals surface area contributed by atoms with Gasteiger partial charge in [-0.2, -0.15) is 0 Å². The summed E-state index contributed by atoms with van der Waals surface area (Å²) in [5, 5.41) is 3.58. The molecule has 0 amide bonds. The number of benzene rings is 1. The number of nitrogens with zero attached hydrogens (tertiary/aromatic N) is 1. The molecule has 0 N–H and O–H groups in total. The van der Waals surface area contributed by atoms with Crippen molar-refractivity contribution in [1.82, 2.24) is 5.16 Å². The number of aromatic nitrogens is 1. The molecule has 1 heterocycles. The Balaban J connectivity index is 2.17. The minimum Gasteiger partial charge on any atom is -0.485 e. The van der Waals surface area contributed by atoms with Crippen LogP contribution in [0.3, 0.4) is 0 Å². The molecule has 5 heteroatoms. The van der Waals surface area contributed by atoms with Crippen LogP contribution in [-0.4, -0.2) is 10.9 Å². The number of ketones is 1. The van der Waals surface area contributed by atoms with Crippen molar-refractivity contribution in [1.29, 1.82) is 0 Å². The smallest absolute Gasteiger partial charge is 0.174 e. The Morgan fingerprint density at radius 3 is 2.94 bits per heavy atom. The lowest BCUT2D eigenvalue weighted by Gasteiger charge is -2.08. The Bertz CT molecular complexity index is 523. The van der Waals surface area contributed by atoms with Crippen LogP contribution in [0.2, 0.25) is 0 Å². The highest BCUT2D eigenvalue weighted by atomic mass is 79.9. The van der Waals surface area contributed by atoms with Gasteiger partial charge in [0.25, 0.3) is 0 Å². The molecule has 17 heavy (non-hydrogen) atoms. The Morgan fingerprint density at radius 2 is 2.29 bits per heavy atom. The lowest BCUT2D eigenvalue weighted by molar-refractivity contribution is 0.101. The van der Waals surface area contributed by atoms with E-state index in [2.05, 4.69) is 21.1 Å². The van der Waals surface area contributed by atoms with Crippen LogP contribution in [0.1, 0.15) is 23.0 Å². The van der Waals surface area contributed by atoms with E-state index in [-0.39, 0.29) is 12.4 Å². The first-order valence-corrected chi connectivity index (χ1v) is 5.79. The summed E-state index contributed by atoms with van der Waals surface area (Å²) in [6, 6.07) is 7.02. The van der Waals surface area contributed by atoms with Gasteiger partial charge >= 0.3 is 0 Å². The van der Waals surface area contributed by atoms with Crippen LogP contribution in [0.5, 0.6) is 5.75 Å². The van der Waals surface area contributed by atoms with Crippen LogP contribution >= 0.6 is 15.9 Å². The minimum atomic E-state index is -0.0427. The average Bonchev–Trinajstić information content (AvgIpc) is 2.80. The van der Waals surface area contributed by atoms with Gasteiger partial charge in [-0.1, -0.05) is 21.1 Å². The number of hydrogen-bond donors (Lipinski definition) is 0. The van der Waals surface area contributed by atoms with Crippen molar-refractivity contribution >= 4 is 21.7 Å². The number of halogens is 1. The third-order valence-corrected chi connectivity index (χ3v) is 2.68. The number of carbonyl (C=O) groups excluding carboxylic acids is 1. The van der Waals surface area contributed by atoms with Crippen LogP contribution in [0.4, 0.5) is 0 Å². The van der Waals surface area contributed by atoms with Gasteiger partial charge in [-0.05, 0) is 25.1 Å². The number of hydrogen-bond acceptors (Lipinski definition) is 4. The average molecular weight is 296 g/mol. The zero-order valence-corrected chi connectivity index (χ0v) is 10.7. The summed E-state index contributed by atoms with van der Waals surface area (Å²) in [5.74, 6) is 1.11. The lowest BCUT2D eigenvalue weighted by atomic mass is 10.1. The summed E-state index contributed by atoms with van der Waals surface area (Å²) in [4.78, 5) is 11.4. The molecule has 0 saturated carbocycles. The molecule has 2 rings (SSSR count). The summed E-state index contributed by atoms with van der Waals surface area (Å²) in [7, 11) is 0. The minimum absolute atomic E-state index is 0.0427. The van der Waals surface area contributed by atoms with Crippen molar-refractivity contribution in [3.8, 4) is 5.75 Å². The highest BCUT2D eigenvalue weighted by Gasteiger charge is 2.10. The standard InChI is InChI=1S/C12H10BrNO3/c1-8(15)11-6-9(13)2-3-12(11)16-7-10-4-5-14-17-10/h2-6H,7H2,1H3. The molecule has 0 radical (unpaired) electrons. The molecule has 0 spiro atoms. The second kappa shape index (κ2) is 5.14. The topological polar surface area (TPSA) is 52.3 Å². The maximum absolute atomic E-state index is 11.4. The molecular formula is C12H10BrNO3. The second-order valence-corrected chi connectivity index (χ2v) is 4.38. The van der Waals surface area contributed by atoms with Crippen LogP contribution in [0.15, 0.2) is 39.5 Å². The van der Waals surface area contributed by atoms with Gasteiger partial charge in [0, 0.05) is 10.5 Å². The second-order valence-electron chi connectivity index (χ2n) is 3.46. The molecule has 88 valence electrons. The highest BCUT2D eigenvalue weighted by Crippen LogP contribution is 2.24. The Morgan fingerprint density at radius 1 is 1.47 bits per heavy atom. The van der Waals surface area contributed by atoms with Gasteiger partial charge in [-0.25, -0.2) is 0 Å². The number of ether oxygens (including phenoxy) is 1. The van der Waals surface area contributed by atoms with E-state index in [1.165, 1.54) is 6.92 Å². The third-order valence-electron chi connectivity index (χ3n) is 2.18. The molecule has 0 saturated heterocycles. The molecule has 0 bridgehead atoms. The molecule has 0 atom stereocenters. The zero-order valence-electron chi connectivity index (χ0n) is 9.14. The van der Waals surface area contributed by atoms with Crippen molar-refractivity contribution in [3.05, 3.63) is 46.3 Å². The molecule has 1 aromatic heterocycles. The first-order valence-electron chi connectivity index (χ1n) is 4.99. The summed E-state index contributed by atoms with van der Waals surface area (Å²) in [5.41, 5.74) is 0.541. The van der Waals surface area contributed by atoms with Gasteiger partial charge in [-0.15, -0.1) is 0 Å². The van der Waals surface area contributed by atoms with Gasteiger partial charge in [0.2, 0.25) is 0 Å². The molecule has 4 nitrogen and oxygen atoms in total. The Labute approximate surface area is 107 Å². The van der Waals surface area contributed by atoms with Gasteiger partial charge < -0.3 is 9.26 Å². The van der Waals surface area contributed by atoms with Gasteiger partial charge in [0.15, 0.2) is 11.5 Å². The van der Waals surface area contributed by atoms with Crippen molar-refractivity contribution in [2.24, 2.45) is 0 Å². The Hall–Kier alpha value is -1.62. The fourth-order valence-corrected chi connectivity index (χ4v) is 1.73. The fraction of sp³-hybridized carbons (Fsp3) is 0.167. The predicted molar refractivity (Wildman–Crippen MR) is 65.0 cm³/mol. The maximum atomic E-state index is 11.4. The summed E-state index contributed by atoms with van der Waals surface area (Å²) in [6.45, 7) is 1.75. The number of carbonyl (C=O) groups is 1. The monoisotopic (exact) mass is 295 g/mol. The van der Waals surface area contributed by atoms with E-state index in [1.807, 2.05) is 6.07 Å². The molecular weight excluding hydrogens is 286 g/mol. The quantitative estimate of drug-likeness (QED) is 0.813. The van der Waals surface area contributed by atoms with E-state index in [0.29, 0.717) is 17.1 Å². The molecule has 0 fully saturated rings. The third kappa shape index (κ3) is 2.94. The summed E-state index contributed by atoms with van der Waals surface area (Å²) in [6.07, 6.45) is 1.55. The number of Topliss-reactive ketones (excluding diaryl/α,β-unsaturated/α-hetero) is 1. The van der Waals surface area contributed by atoms with E-state index in [9.17, 15) is 4.79 Å². The normalized spacial score (nSPS) is 10.2. The van der Waals surface area contributed by atoms with E-state index in [1.54, 1.807) is 24.4 Å². The SMILES string of the molecule is CC(=O)c1cc(Br)ccc1OCc1ccno1. The first-order chi connectivity index (χ1) is 8.16. The van der Waals surface area contributed by atoms with Crippen LogP contribution < -0.4 is 4.74 Å². The summed E-state index contributed by atoms with van der Waals surface area (Å²) < 4.78 is 11.3. The van der Waals surface area contributed by atoms with Crippen LogP contribution in [-0.2, 0) is 6.61 Å². The molecule has 0 aliphatic carbocycles. The van der Waals surface area contributed by atoms with Gasteiger partial charge in [0.1, 0.15) is 12.4 Å². The van der Waals surface area contributed by atoms with E-state index < -0.39 is 0 Å². The van der Waals surface area contributed by atoms with E-state index in [0.717, 1.165) is 4.47 Å². The van der Waals surface area contributed by atoms with E-state index in [4.69, 9.17) is 9.26 Å². The fourth-order valence-electron chi connectivity index (χ4n) is 1.37. The predicted octanol–water partition coefficient (Wildman–Crippen LogP) is 3.22. The molecule has 0 aliphatic rings. The largest absolute Gasteiger partial charge is 0.485 e. The molecule has 2 aromatic rings. The highest BCUT2D eigenvalue weighted by molar-refractivity contribution is 9.10. The summed E-state index contributed by atoms with van der Waals surface area (Å²) >= 11 is 3.32. The van der Waals surface area contributed by atoms with Crippen LogP contribution in [0.25, 0.3) is 0 Å². The first kappa shape index (κ1) is 11.9. The maximum Gasteiger partial charge on any atom is 0.174 e. The van der Waals surface area contributed by atoms with Crippen LogP contribution in [0, 0.1) is 0 Å². The zero-order chi connectivity index (χ0) is 12.3. The van der Waals surface area contributed by atoms with Gasteiger partial charge in [-0.3, -0.25) is 4.79 Å². The Kier molecular flexibility index (Phi) is 3.58. The van der Waals surface area contributed by atoms with Gasteiger partial charge in [0.05, 0.1) is 11.8 Å². The molecule has 1 aromatic carbocycles. The molecule has 0 aliphatic heterocycles.